The van der Waals surface area contributed by atoms with E-state index in [9.17, 15) is 4.79 Å². The molecule has 2 aromatic rings. The van der Waals surface area contributed by atoms with Gasteiger partial charge in [-0.25, -0.2) is 0 Å². The van der Waals surface area contributed by atoms with Crippen LogP contribution in [0.5, 0.6) is 0 Å². The highest BCUT2D eigenvalue weighted by Crippen LogP contribution is 2.20. The summed E-state index contributed by atoms with van der Waals surface area (Å²) in [7, 11) is 1.76. The number of carbonyl (C=O) groups excluding carboxylic acids is 1. The van der Waals surface area contributed by atoms with Gasteiger partial charge in [0.1, 0.15) is 6.04 Å². The summed E-state index contributed by atoms with van der Waals surface area (Å²) in [4.78, 5) is 14.2. The number of hydrogen-bond donors (Lipinski definition) is 0. The van der Waals surface area contributed by atoms with Crippen molar-refractivity contribution in [2.45, 2.75) is 39.9 Å². The maximum absolute atomic E-state index is 12.5. The average Bonchev–Trinajstić information content (AvgIpc) is 3.01. The molecular weight excluding hydrogens is 370 g/mol. The van der Waals surface area contributed by atoms with Gasteiger partial charge in [-0.1, -0.05) is 11.6 Å². The smallest absolute Gasteiger partial charge is 0.247 e. The lowest BCUT2D eigenvalue weighted by Gasteiger charge is -2.21. The van der Waals surface area contributed by atoms with Crippen molar-refractivity contribution >= 4 is 33.4 Å². The zero-order chi connectivity index (χ0) is 16.4. The van der Waals surface area contributed by atoms with Crippen LogP contribution >= 0.6 is 27.5 Å². The van der Waals surface area contributed by atoms with Crippen molar-refractivity contribution in [3.63, 3.8) is 0 Å². The zero-order valence-corrected chi connectivity index (χ0v) is 15.4. The molecule has 22 heavy (non-hydrogen) atoms. The molecule has 0 saturated carbocycles. The van der Waals surface area contributed by atoms with Crippen molar-refractivity contribution in [1.29, 1.82) is 0 Å². The number of aryl methyl sites for hydroxylation is 2. The van der Waals surface area contributed by atoms with Crippen LogP contribution in [0.2, 0.25) is 5.02 Å². The minimum absolute atomic E-state index is 0.0443. The summed E-state index contributed by atoms with van der Waals surface area (Å²) in [5.41, 5.74) is 1.55. The Morgan fingerprint density at radius 3 is 2.64 bits per heavy atom. The molecule has 0 fully saturated rings. The van der Waals surface area contributed by atoms with E-state index >= 15 is 0 Å². The van der Waals surface area contributed by atoms with Crippen molar-refractivity contribution in [3.05, 3.63) is 33.3 Å². The highest BCUT2D eigenvalue weighted by atomic mass is 79.9. The van der Waals surface area contributed by atoms with E-state index in [1.54, 1.807) is 29.7 Å². The molecule has 0 saturated heterocycles. The molecule has 2 heterocycles. The summed E-state index contributed by atoms with van der Waals surface area (Å²) < 4.78 is 4.33. The van der Waals surface area contributed by atoms with E-state index in [1.165, 1.54) is 0 Å². The lowest BCUT2D eigenvalue weighted by Crippen LogP contribution is -2.33. The fraction of sp³-hybridized carbons (Fsp3) is 0.500. The fourth-order valence-corrected chi connectivity index (χ4v) is 2.68. The molecule has 0 spiro atoms. The lowest BCUT2D eigenvalue weighted by molar-refractivity contribution is -0.133. The Balaban J connectivity index is 2.09. The van der Waals surface area contributed by atoms with Gasteiger partial charge in [0.25, 0.3) is 0 Å². The third kappa shape index (κ3) is 3.52. The summed E-state index contributed by atoms with van der Waals surface area (Å²) in [5.74, 6) is -0.0443. The Labute approximate surface area is 143 Å². The van der Waals surface area contributed by atoms with E-state index in [4.69, 9.17) is 11.6 Å². The molecule has 6 nitrogen and oxygen atoms in total. The molecule has 0 radical (unpaired) electrons. The maximum atomic E-state index is 12.5. The maximum Gasteiger partial charge on any atom is 0.247 e. The van der Waals surface area contributed by atoms with Gasteiger partial charge in [-0.2, -0.15) is 10.2 Å². The first-order valence-corrected chi connectivity index (χ1v) is 8.18. The van der Waals surface area contributed by atoms with Gasteiger partial charge >= 0.3 is 0 Å². The van der Waals surface area contributed by atoms with Gasteiger partial charge in [0.05, 0.1) is 27.4 Å². The summed E-state index contributed by atoms with van der Waals surface area (Å²) in [6.07, 6.45) is 3.59. The van der Waals surface area contributed by atoms with Gasteiger partial charge < -0.3 is 4.90 Å². The van der Waals surface area contributed by atoms with E-state index in [2.05, 4.69) is 26.1 Å². The van der Waals surface area contributed by atoms with Crippen LogP contribution in [0.3, 0.4) is 0 Å². The number of nitrogens with zero attached hydrogens (tertiary/aromatic N) is 5. The number of hydrogen-bond acceptors (Lipinski definition) is 3. The number of carbonyl (C=O) groups is 1. The highest BCUT2D eigenvalue weighted by Gasteiger charge is 2.22. The minimum atomic E-state index is -0.414. The monoisotopic (exact) mass is 387 g/mol. The van der Waals surface area contributed by atoms with Gasteiger partial charge in [-0.3, -0.25) is 14.2 Å². The molecule has 8 heteroatoms. The molecule has 0 bridgehead atoms. The van der Waals surface area contributed by atoms with Crippen LogP contribution in [0.25, 0.3) is 0 Å². The molecule has 2 rings (SSSR count). The van der Waals surface area contributed by atoms with Gasteiger partial charge in [0.2, 0.25) is 5.91 Å². The summed E-state index contributed by atoms with van der Waals surface area (Å²) >= 11 is 9.47. The third-order valence-electron chi connectivity index (χ3n) is 3.49. The summed E-state index contributed by atoms with van der Waals surface area (Å²) in [6.45, 7) is 6.86. The SMILES string of the molecule is CCn1cc(Br)c(CN(C)C(=O)C(C)n2cc(Cl)c(C)n2)n1. The van der Waals surface area contributed by atoms with Gasteiger partial charge in [-0.15, -0.1) is 0 Å². The van der Waals surface area contributed by atoms with Crippen LogP contribution in [0, 0.1) is 6.92 Å². The molecule has 0 aliphatic heterocycles. The van der Waals surface area contributed by atoms with Gasteiger partial charge in [-0.05, 0) is 36.7 Å². The van der Waals surface area contributed by atoms with Crippen molar-refractivity contribution in [3.8, 4) is 0 Å². The van der Waals surface area contributed by atoms with E-state index < -0.39 is 6.04 Å². The van der Waals surface area contributed by atoms with Gasteiger partial charge in [0.15, 0.2) is 0 Å². The average molecular weight is 389 g/mol. The van der Waals surface area contributed by atoms with Gasteiger partial charge in [0, 0.05) is 26.0 Å². The van der Waals surface area contributed by atoms with Crippen molar-refractivity contribution < 1.29 is 4.79 Å². The van der Waals surface area contributed by atoms with E-state index in [0.29, 0.717) is 17.3 Å². The number of halogens is 2. The van der Waals surface area contributed by atoms with E-state index in [0.717, 1.165) is 16.7 Å². The third-order valence-corrected chi connectivity index (χ3v) is 4.52. The van der Waals surface area contributed by atoms with Crippen molar-refractivity contribution in [2.75, 3.05) is 7.05 Å². The molecule has 2 aromatic heterocycles. The molecule has 1 amide bonds. The molecule has 0 aliphatic rings. The number of amides is 1. The van der Waals surface area contributed by atoms with E-state index in [-0.39, 0.29) is 5.91 Å². The largest absolute Gasteiger partial charge is 0.338 e. The number of rotatable bonds is 5. The van der Waals surface area contributed by atoms with Crippen molar-refractivity contribution in [2.24, 2.45) is 0 Å². The summed E-state index contributed by atoms with van der Waals surface area (Å²) in [6, 6.07) is -0.414. The Morgan fingerprint density at radius 2 is 2.14 bits per heavy atom. The second-order valence-corrected chi connectivity index (χ2v) is 6.45. The Bertz CT molecular complexity index is 661. The molecule has 1 atom stereocenters. The van der Waals surface area contributed by atoms with Crippen LogP contribution in [-0.2, 0) is 17.9 Å². The first kappa shape index (κ1) is 17.0. The molecule has 0 N–H and O–H groups in total. The lowest BCUT2D eigenvalue weighted by atomic mass is 10.3. The second-order valence-electron chi connectivity index (χ2n) is 5.19. The standard InChI is InChI=1S/C14H19BrClN5O/c1-5-20-6-11(15)13(18-20)8-19(4)14(22)10(3)21-7-12(16)9(2)17-21/h6-7,10H,5,8H2,1-4H3. The number of aromatic nitrogens is 4. The van der Waals surface area contributed by atoms with Crippen molar-refractivity contribution in [1.82, 2.24) is 24.5 Å². The highest BCUT2D eigenvalue weighted by molar-refractivity contribution is 9.10. The second kappa shape index (κ2) is 6.83. The normalized spacial score (nSPS) is 12.5. The predicted molar refractivity (Wildman–Crippen MR) is 88.8 cm³/mol. The zero-order valence-electron chi connectivity index (χ0n) is 13.0. The Kier molecular flexibility index (Phi) is 5.28. The fourth-order valence-electron chi connectivity index (χ4n) is 2.10. The molecule has 1 unspecified atom stereocenters. The first-order valence-electron chi connectivity index (χ1n) is 7.01. The van der Waals surface area contributed by atoms with Crippen LogP contribution < -0.4 is 0 Å². The van der Waals surface area contributed by atoms with E-state index in [1.807, 2.05) is 24.7 Å². The quantitative estimate of drug-likeness (QED) is 0.791. The topological polar surface area (TPSA) is 56.0 Å². The van der Waals surface area contributed by atoms with Crippen LogP contribution in [-0.4, -0.2) is 37.4 Å². The Hall–Kier alpha value is -1.34. The molecule has 120 valence electrons. The van der Waals surface area contributed by atoms with Crippen LogP contribution in [0.1, 0.15) is 31.3 Å². The molecule has 0 aromatic carbocycles. The summed E-state index contributed by atoms with van der Waals surface area (Å²) in [5, 5.41) is 9.26. The predicted octanol–water partition coefficient (Wildman–Crippen LogP) is 3.04. The van der Waals surface area contributed by atoms with Crippen LogP contribution in [0.15, 0.2) is 16.9 Å². The number of likely N-dealkylation sites (N-methyl/N-ethyl adjacent to an activating group) is 1. The molecular formula is C14H19BrClN5O. The minimum Gasteiger partial charge on any atom is -0.338 e. The van der Waals surface area contributed by atoms with Crippen LogP contribution in [0.4, 0.5) is 0 Å². The molecule has 0 aliphatic carbocycles. The Morgan fingerprint density at radius 1 is 1.45 bits per heavy atom. The first-order chi connectivity index (χ1) is 10.3.